The van der Waals surface area contributed by atoms with Gasteiger partial charge in [-0.25, -0.2) is 0 Å². The van der Waals surface area contributed by atoms with Crippen molar-refractivity contribution < 1.29 is 4.79 Å². The smallest absolute Gasteiger partial charge is 0.253 e. The molecule has 2 N–H and O–H groups in total. The summed E-state index contributed by atoms with van der Waals surface area (Å²) in [6, 6.07) is 14.8. The molecule has 0 aliphatic carbocycles. The molecule has 3 aromatic rings. The number of rotatable bonds is 5. The number of aromatic nitrogens is 1. The standard InChI is InChI=1S/C20H17Cl2N3O/c1-13-6-7-16(9-19(13)22)25-17-8-15(10-23-12-17)20(26)24-11-14-4-2-3-5-18(14)21/h2-10,12,25H,11H2,1H3,(H,24,26). The van der Waals surface area contributed by atoms with Crippen LogP contribution in [0, 0.1) is 6.92 Å². The molecule has 132 valence electrons. The first-order chi connectivity index (χ1) is 12.5. The minimum absolute atomic E-state index is 0.219. The van der Waals surface area contributed by atoms with E-state index in [2.05, 4.69) is 15.6 Å². The number of nitrogens with one attached hydrogen (secondary N) is 2. The highest BCUT2D eigenvalue weighted by molar-refractivity contribution is 6.31. The lowest BCUT2D eigenvalue weighted by Gasteiger charge is -2.10. The van der Waals surface area contributed by atoms with Crippen LogP contribution in [0.1, 0.15) is 21.5 Å². The highest BCUT2D eigenvalue weighted by Gasteiger charge is 2.08. The van der Waals surface area contributed by atoms with Gasteiger partial charge in [-0.1, -0.05) is 47.5 Å². The van der Waals surface area contributed by atoms with Crippen molar-refractivity contribution in [1.82, 2.24) is 10.3 Å². The highest BCUT2D eigenvalue weighted by atomic mass is 35.5. The Hall–Kier alpha value is -2.56. The van der Waals surface area contributed by atoms with E-state index in [9.17, 15) is 4.79 Å². The van der Waals surface area contributed by atoms with E-state index in [1.807, 2.05) is 43.3 Å². The Morgan fingerprint density at radius 1 is 1.00 bits per heavy atom. The zero-order valence-corrected chi connectivity index (χ0v) is 15.6. The van der Waals surface area contributed by atoms with Crippen LogP contribution in [0.25, 0.3) is 0 Å². The second-order valence-electron chi connectivity index (χ2n) is 5.83. The quantitative estimate of drug-likeness (QED) is 0.620. The van der Waals surface area contributed by atoms with Gasteiger partial charge in [0.2, 0.25) is 0 Å². The number of benzene rings is 2. The third-order valence-electron chi connectivity index (χ3n) is 3.86. The molecule has 0 aliphatic heterocycles. The van der Waals surface area contributed by atoms with Gasteiger partial charge >= 0.3 is 0 Å². The van der Waals surface area contributed by atoms with E-state index in [1.165, 1.54) is 6.20 Å². The van der Waals surface area contributed by atoms with Crippen molar-refractivity contribution in [3.05, 3.63) is 87.7 Å². The molecule has 4 nitrogen and oxygen atoms in total. The monoisotopic (exact) mass is 385 g/mol. The first kappa shape index (κ1) is 18.2. The Bertz CT molecular complexity index is 944. The van der Waals surface area contributed by atoms with Crippen molar-refractivity contribution in [2.45, 2.75) is 13.5 Å². The van der Waals surface area contributed by atoms with E-state index >= 15 is 0 Å². The number of nitrogens with zero attached hydrogens (tertiary/aromatic N) is 1. The number of pyridine rings is 1. The number of halogens is 2. The van der Waals surface area contributed by atoms with Gasteiger partial charge in [-0.15, -0.1) is 0 Å². The first-order valence-corrected chi connectivity index (χ1v) is 8.78. The molecule has 0 radical (unpaired) electrons. The fraction of sp³-hybridized carbons (Fsp3) is 0.100. The molecule has 0 saturated carbocycles. The summed E-state index contributed by atoms with van der Waals surface area (Å²) >= 11 is 12.3. The molecular formula is C20H17Cl2N3O. The third kappa shape index (κ3) is 4.54. The number of anilines is 2. The number of carbonyl (C=O) groups excluding carboxylic acids is 1. The van der Waals surface area contributed by atoms with Crippen molar-refractivity contribution in [3.8, 4) is 0 Å². The lowest BCUT2D eigenvalue weighted by molar-refractivity contribution is 0.0950. The van der Waals surface area contributed by atoms with Gasteiger partial charge in [-0.2, -0.15) is 0 Å². The van der Waals surface area contributed by atoms with E-state index in [4.69, 9.17) is 23.2 Å². The molecule has 1 heterocycles. The normalized spacial score (nSPS) is 10.4. The number of carbonyl (C=O) groups is 1. The van der Waals surface area contributed by atoms with Crippen LogP contribution in [0.15, 0.2) is 60.9 Å². The van der Waals surface area contributed by atoms with Crippen LogP contribution in [0.2, 0.25) is 10.0 Å². The molecular weight excluding hydrogens is 369 g/mol. The van der Waals surface area contributed by atoms with Crippen LogP contribution < -0.4 is 10.6 Å². The average molecular weight is 386 g/mol. The number of hydrogen-bond acceptors (Lipinski definition) is 3. The fourth-order valence-electron chi connectivity index (χ4n) is 2.39. The Balaban J connectivity index is 1.69. The number of hydrogen-bond donors (Lipinski definition) is 2. The summed E-state index contributed by atoms with van der Waals surface area (Å²) in [4.78, 5) is 16.5. The van der Waals surface area contributed by atoms with Gasteiger partial charge < -0.3 is 10.6 Å². The van der Waals surface area contributed by atoms with Gasteiger partial charge in [0.1, 0.15) is 0 Å². The average Bonchev–Trinajstić information content (AvgIpc) is 2.64. The lowest BCUT2D eigenvalue weighted by atomic mass is 10.2. The Kier molecular flexibility index (Phi) is 5.76. The van der Waals surface area contributed by atoms with Crippen LogP contribution >= 0.6 is 23.2 Å². The Labute approximate surface area is 162 Å². The summed E-state index contributed by atoms with van der Waals surface area (Å²) in [5.41, 5.74) is 3.86. The molecule has 0 fully saturated rings. The molecule has 6 heteroatoms. The SMILES string of the molecule is Cc1ccc(Nc2cncc(C(=O)NCc3ccccc3Cl)c2)cc1Cl. The molecule has 0 aliphatic rings. The van der Waals surface area contributed by atoms with Gasteiger partial charge in [-0.3, -0.25) is 9.78 Å². The number of aryl methyl sites for hydroxylation is 1. The van der Waals surface area contributed by atoms with Gasteiger partial charge in [0, 0.05) is 28.5 Å². The Morgan fingerprint density at radius 3 is 2.58 bits per heavy atom. The van der Waals surface area contributed by atoms with Crippen LogP contribution in [0.4, 0.5) is 11.4 Å². The van der Waals surface area contributed by atoms with Crippen molar-refractivity contribution >= 4 is 40.5 Å². The number of amides is 1. The molecule has 0 bridgehead atoms. The molecule has 26 heavy (non-hydrogen) atoms. The summed E-state index contributed by atoms with van der Waals surface area (Å²) in [5, 5.41) is 7.35. The summed E-state index contributed by atoms with van der Waals surface area (Å²) in [6.07, 6.45) is 3.17. The van der Waals surface area contributed by atoms with Gasteiger partial charge in [0.05, 0.1) is 17.4 Å². The maximum atomic E-state index is 12.4. The largest absolute Gasteiger partial charge is 0.354 e. The zero-order valence-electron chi connectivity index (χ0n) is 14.1. The van der Waals surface area contributed by atoms with E-state index in [-0.39, 0.29) is 5.91 Å². The molecule has 0 unspecified atom stereocenters. The Morgan fingerprint density at radius 2 is 1.81 bits per heavy atom. The summed E-state index contributed by atoms with van der Waals surface area (Å²) in [7, 11) is 0. The summed E-state index contributed by atoms with van der Waals surface area (Å²) in [6.45, 7) is 2.29. The van der Waals surface area contributed by atoms with Crippen molar-refractivity contribution in [3.63, 3.8) is 0 Å². The highest BCUT2D eigenvalue weighted by Crippen LogP contribution is 2.23. The molecule has 1 aromatic heterocycles. The van der Waals surface area contributed by atoms with Gasteiger partial charge in [0.25, 0.3) is 5.91 Å². The minimum Gasteiger partial charge on any atom is -0.354 e. The van der Waals surface area contributed by atoms with Crippen molar-refractivity contribution in [2.75, 3.05) is 5.32 Å². The molecule has 1 amide bonds. The van der Waals surface area contributed by atoms with E-state index in [0.717, 1.165) is 16.8 Å². The van der Waals surface area contributed by atoms with E-state index in [0.29, 0.717) is 27.8 Å². The van der Waals surface area contributed by atoms with Gasteiger partial charge in [-0.05, 0) is 42.3 Å². The van der Waals surface area contributed by atoms with Crippen LogP contribution in [-0.4, -0.2) is 10.9 Å². The molecule has 0 saturated heterocycles. The van der Waals surface area contributed by atoms with Crippen LogP contribution in [-0.2, 0) is 6.54 Å². The zero-order chi connectivity index (χ0) is 18.5. The molecule has 0 spiro atoms. The molecule has 2 aromatic carbocycles. The maximum Gasteiger partial charge on any atom is 0.253 e. The second-order valence-corrected chi connectivity index (χ2v) is 6.64. The molecule has 0 atom stereocenters. The minimum atomic E-state index is -0.219. The summed E-state index contributed by atoms with van der Waals surface area (Å²) < 4.78 is 0. The maximum absolute atomic E-state index is 12.4. The fourth-order valence-corrected chi connectivity index (χ4v) is 2.77. The summed E-state index contributed by atoms with van der Waals surface area (Å²) in [5.74, 6) is -0.219. The van der Waals surface area contributed by atoms with E-state index < -0.39 is 0 Å². The first-order valence-electron chi connectivity index (χ1n) is 8.03. The van der Waals surface area contributed by atoms with Crippen LogP contribution in [0.3, 0.4) is 0 Å². The third-order valence-corrected chi connectivity index (χ3v) is 4.63. The molecule has 3 rings (SSSR count). The predicted molar refractivity (Wildman–Crippen MR) is 106 cm³/mol. The van der Waals surface area contributed by atoms with Crippen LogP contribution in [0.5, 0.6) is 0 Å². The van der Waals surface area contributed by atoms with Crippen molar-refractivity contribution in [2.24, 2.45) is 0 Å². The van der Waals surface area contributed by atoms with Crippen molar-refractivity contribution in [1.29, 1.82) is 0 Å². The topological polar surface area (TPSA) is 54.0 Å². The second kappa shape index (κ2) is 8.21. The lowest BCUT2D eigenvalue weighted by Crippen LogP contribution is -2.23. The van der Waals surface area contributed by atoms with Gasteiger partial charge in [0.15, 0.2) is 0 Å². The predicted octanol–water partition coefficient (Wildman–Crippen LogP) is 5.37. The van der Waals surface area contributed by atoms with E-state index in [1.54, 1.807) is 18.3 Å².